The molecular formula is C9H15NO3. The summed E-state index contributed by atoms with van der Waals surface area (Å²) in [4.78, 5) is 11.3. The summed E-state index contributed by atoms with van der Waals surface area (Å²) in [6.07, 6.45) is 2.11. The Kier molecular flexibility index (Phi) is 4.49. The van der Waals surface area contributed by atoms with Crippen molar-refractivity contribution in [2.75, 3.05) is 26.4 Å². The van der Waals surface area contributed by atoms with Crippen LogP contribution < -0.4 is 5.32 Å². The van der Waals surface area contributed by atoms with Crippen molar-refractivity contribution < 1.29 is 14.3 Å². The Bertz CT molecular complexity index is 176. The molecule has 1 rings (SSSR count). The molecule has 0 spiro atoms. The van der Waals surface area contributed by atoms with Crippen LogP contribution in [0.25, 0.3) is 0 Å². The topological polar surface area (TPSA) is 47.6 Å². The molecule has 1 saturated heterocycles. The molecule has 0 aromatic carbocycles. The van der Waals surface area contributed by atoms with Gasteiger partial charge < -0.3 is 14.8 Å². The average Bonchev–Trinajstić information content (AvgIpc) is 2.19. The molecule has 0 aromatic rings. The number of nitrogens with one attached hydrogen (secondary N) is 1. The molecule has 1 unspecified atom stereocenters. The van der Waals surface area contributed by atoms with Crippen LogP contribution in [-0.4, -0.2) is 38.4 Å². The SMILES string of the molecule is C=CCCNC(=O)C1COCCO1. The monoisotopic (exact) mass is 185 g/mol. The van der Waals surface area contributed by atoms with Crippen molar-refractivity contribution >= 4 is 5.91 Å². The summed E-state index contributed by atoms with van der Waals surface area (Å²) < 4.78 is 10.3. The smallest absolute Gasteiger partial charge is 0.251 e. The molecule has 0 saturated carbocycles. The van der Waals surface area contributed by atoms with Gasteiger partial charge in [-0.25, -0.2) is 0 Å². The summed E-state index contributed by atoms with van der Waals surface area (Å²) in [6.45, 7) is 5.62. The van der Waals surface area contributed by atoms with Gasteiger partial charge in [0.15, 0.2) is 6.10 Å². The second kappa shape index (κ2) is 5.72. The van der Waals surface area contributed by atoms with Crippen LogP contribution in [-0.2, 0) is 14.3 Å². The van der Waals surface area contributed by atoms with Crippen molar-refractivity contribution in [3.8, 4) is 0 Å². The van der Waals surface area contributed by atoms with Gasteiger partial charge in [-0.2, -0.15) is 0 Å². The first kappa shape index (κ1) is 10.2. The lowest BCUT2D eigenvalue weighted by molar-refractivity contribution is -0.147. The van der Waals surface area contributed by atoms with Gasteiger partial charge in [0.1, 0.15) is 0 Å². The minimum atomic E-state index is -0.432. The number of rotatable bonds is 4. The molecule has 1 heterocycles. The van der Waals surface area contributed by atoms with Crippen LogP contribution in [0.1, 0.15) is 6.42 Å². The van der Waals surface area contributed by atoms with Crippen LogP contribution in [0.5, 0.6) is 0 Å². The first-order chi connectivity index (χ1) is 6.34. The Morgan fingerprint density at radius 2 is 2.46 bits per heavy atom. The van der Waals surface area contributed by atoms with E-state index in [9.17, 15) is 4.79 Å². The van der Waals surface area contributed by atoms with E-state index in [1.54, 1.807) is 6.08 Å². The van der Waals surface area contributed by atoms with E-state index < -0.39 is 6.10 Å². The molecule has 1 N–H and O–H groups in total. The summed E-state index contributed by atoms with van der Waals surface area (Å²) in [5.41, 5.74) is 0. The number of amides is 1. The maximum atomic E-state index is 11.3. The maximum Gasteiger partial charge on any atom is 0.251 e. The molecule has 4 heteroatoms. The van der Waals surface area contributed by atoms with Gasteiger partial charge in [0.25, 0.3) is 5.91 Å². The van der Waals surface area contributed by atoms with Gasteiger partial charge in [-0.3, -0.25) is 4.79 Å². The van der Waals surface area contributed by atoms with Crippen molar-refractivity contribution in [2.45, 2.75) is 12.5 Å². The highest BCUT2D eigenvalue weighted by molar-refractivity contribution is 5.80. The minimum absolute atomic E-state index is 0.0958. The fourth-order valence-corrected chi connectivity index (χ4v) is 1.05. The minimum Gasteiger partial charge on any atom is -0.376 e. The normalized spacial score (nSPS) is 22.3. The molecule has 0 radical (unpaired) electrons. The van der Waals surface area contributed by atoms with Crippen molar-refractivity contribution in [2.24, 2.45) is 0 Å². The highest BCUT2D eigenvalue weighted by Gasteiger charge is 2.21. The Balaban J connectivity index is 2.17. The van der Waals surface area contributed by atoms with E-state index >= 15 is 0 Å². The molecule has 0 bridgehead atoms. The fourth-order valence-electron chi connectivity index (χ4n) is 1.05. The zero-order valence-electron chi connectivity index (χ0n) is 7.62. The van der Waals surface area contributed by atoms with E-state index in [0.29, 0.717) is 26.4 Å². The molecule has 1 atom stereocenters. The number of hydrogen-bond donors (Lipinski definition) is 1. The first-order valence-electron chi connectivity index (χ1n) is 4.42. The van der Waals surface area contributed by atoms with Gasteiger partial charge in [0.2, 0.25) is 0 Å². The van der Waals surface area contributed by atoms with Crippen LogP contribution >= 0.6 is 0 Å². The third kappa shape index (κ3) is 3.57. The lowest BCUT2D eigenvalue weighted by atomic mass is 10.3. The van der Waals surface area contributed by atoms with Crippen LogP contribution in [0.3, 0.4) is 0 Å². The standard InChI is InChI=1S/C9H15NO3/c1-2-3-4-10-9(11)8-7-12-5-6-13-8/h2,8H,1,3-7H2,(H,10,11). The molecule has 4 nitrogen and oxygen atoms in total. The van der Waals surface area contributed by atoms with Crippen molar-refractivity contribution in [3.63, 3.8) is 0 Å². The zero-order valence-corrected chi connectivity index (χ0v) is 7.62. The number of carbonyl (C=O) groups is 1. The quantitative estimate of drug-likeness (QED) is 0.499. The number of ether oxygens (including phenoxy) is 2. The largest absolute Gasteiger partial charge is 0.376 e. The molecule has 74 valence electrons. The Labute approximate surface area is 77.9 Å². The van der Waals surface area contributed by atoms with E-state index in [4.69, 9.17) is 9.47 Å². The Morgan fingerprint density at radius 1 is 1.62 bits per heavy atom. The maximum absolute atomic E-state index is 11.3. The lowest BCUT2D eigenvalue weighted by Crippen LogP contribution is -2.43. The van der Waals surface area contributed by atoms with E-state index in [0.717, 1.165) is 6.42 Å². The number of carbonyl (C=O) groups excluding carboxylic acids is 1. The van der Waals surface area contributed by atoms with Crippen molar-refractivity contribution in [1.29, 1.82) is 0 Å². The van der Waals surface area contributed by atoms with Crippen LogP contribution in [0.2, 0.25) is 0 Å². The Morgan fingerprint density at radius 3 is 3.08 bits per heavy atom. The molecular weight excluding hydrogens is 170 g/mol. The summed E-state index contributed by atoms with van der Waals surface area (Å²) in [5, 5.41) is 2.74. The average molecular weight is 185 g/mol. The van der Waals surface area contributed by atoms with Gasteiger partial charge in [-0.1, -0.05) is 6.08 Å². The van der Waals surface area contributed by atoms with Crippen molar-refractivity contribution in [3.05, 3.63) is 12.7 Å². The second-order valence-electron chi connectivity index (χ2n) is 2.80. The highest BCUT2D eigenvalue weighted by Crippen LogP contribution is 2.00. The zero-order chi connectivity index (χ0) is 9.52. The van der Waals surface area contributed by atoms with E-state index in [-0.39, 0.29) is 5.91 Å². The second-order valence-corrected chi connectivity index (χ2v) is 2.80. The number of hydrogen-bond acceptors (Lipinski definition) is 3. The molecule has 1 amide bonds. The van der Waals surface area contributed by atoms with Crippen molar-refractivity contribution in [1.82, 2.24) is 5.32 Å². The van der Waals surface area contributed by atoms with Gasteiger partial charge >= 0.3 is 0 Å². The molecule has 1 fully saturated rings. The molecule has 0 aromatic heterocycles. The highest BCUT2D eigenvalue weighted by atomic mass is 16.6. The first-order valence-corrected chi connectivity index (χ1v) is 4.42. The molecule has 1 aliphatic heterocycles. The van der Waals surface area contributed by atoms with Gasteiger partial charge in [-0.05, 0) is 6.42 Å². The fraction of sp³-hybridized carbons (Fsp3) is 0.667. The van der Waals surface area contributed by atoms with E-state index in [2.05, 4.69) is 11.9 Å². The van der Waals surface area contributed by atoms with Crippen LogP contribution in [0.15, 0.2) is 12.7 Å². The molecule has 1 aliphatic rings. The summed E-state index contributed by atoms with van der Waals surface area (Å²) in [7, 11) is 0. The molecule has 13 heavy (non-hydrogen) atoms. The predicted octanol–water partition coefficient (Wildman–Crippen LogP) is 0.0941. The van der Waals surface area contributed by atoms with Gasteiger partial charge in [-0.15, -0.1) is 6.58 Å². The van der Waals surface area contributed by atoms with Crippen LogP contribution in [0.4, 0.5) is 0 Å². The summed E-state index contributed by atoms with van der Waals surface area (Å²) in [5.74, 6) is -0.0958. The summed E-state index contributed by atoms with van der Waals surface area (Å²) in [6, 6.07) is 0. The van der Waals surface area contributed by atoms with Crippen LogP contribution in [0, 0.1) is 0 Å². The lowest BCUT2D eigenvalue weighted by Gasteiger charge is -2.21. The van der Waals surface area contributed by atoms with Gasteiger partial charge in [0, 0.05) is 6.54 Å². The third-order valence-corrected chi connectivity index (χ3v) is 1.76. The Hall–Kier alpha value is -0.870. The molecule has 0 aliphatic carbocycles. The van der Waals surface area contributed by atoms with E-state index in [1.807, 2.05) is 0 Å². The third-order valence-electron chi connectivity index (χ3n) is 1.76. The predicted molar refractivity (Wildman–Crippen MR) is 48.4 cm³/mol. The van der Waals surface area contributed by atoms with E-state index in [1.165, 1.54) is 0 Å². The van der Waals surface area contributed by atoms with Gasteiger partial charge in [0.05, 0.1) is 19.8 Å². The summed E-state index contributed by atoms with van der Waals surface area (Å²) >= 11 is 0.